The molecule has 0 aliphatic heterocycles. The van der Waals surface area contributed by atoms with Crippen molar-refractivity contribution in [1.29, 1.82) is 0 Å². The van der Waals surface area contributed by atoms with Gasteiger partial charge >= 0.3 is 5.97 Å². The van der Waals surface area contributed by atoms with E-state index in [1.54, 1.807) is 12.1 Å². The van der Waals surface area contributed by atoms with E-state index in [1.165, 1.54) is 76.2 Å². The van der Waals surface area contributed by atoms with Crippen LogP contribution >= 0.6 is 0 Å². The number of ether oxygens (including phenoxy) is 2. The van der Waals surface area contributed by atoms with Gasteiger partial charge in [0, 0.05) is 0 Å². The van der Waals surface area contributed by atoms with Crippen LogP contribution in [-0.4, -0.2) is 12.6 Å². The SMILES string of the molecule is CCCC1CCC(CCc2ccc(OC(=O)c3ccc(OCCCCC[C@@H](C)CC)cc3)cc2)CC1. The Morgan fingerprint density at radius 1 is 0.833 bits per heavy atom. The maximum Gasteiger partial charge on any atom is 0.343 e. The van der Waals surface area contributed by atoms with Crippen molar-refractivity contribution in [3.63, 3.8) is 0 Å². The molecule has 0 aromatic heterocycles. The highest BCUT2D eigenvalue weighted by atomic mass is 16.5. The number of carbonyl (C=O) groups is 1. The fraction of sp³-hybridized carbons (Fsp3) is 0.606. The van der Waals surface area contributed by atoms with Crippen molar-refractivity contribution < 1.29 is 14.3 Å². The van der Waals surface area contributed by atoms with Crippen LogP contribution in [0.4, 0.5) is 0 Å². The highest BCUT2D eigenvalue weighted by Crippen LogP contribution is 2.34. The van der Waals surface area contributed by atoms with Gasteiger partial charge in [-0.1, -0.05) is 97.1 Å². The Balaban J connectivity index is 1.34. The summed E-state index contributed by atoms with van der Waals surface area (Å²) in [4.78, 5) is 12.6. The Labute approximate surface area is 220 Å². The molecule has 3 rings (SSSR count). The van der Waals surface area contributed by atoms with E-state index in [-0.39, 0.29) is 5.97 Å². The zero-order chi connectivity index (χ0) is 25.6. The predicted octanol–water partition coefficient (Wildman–Crippen LogP) is 9.43. The maximum atomic E-state index is 12.6. The summed E-state index contributed by atoms with van der Waals surface area (Å²) in [6, 6.07) is 15.3. The van der Waals surface area contributed by atoms with E-state index in [4.69, 9.17) is 9.47 Å². The monoisotopic (exact) mass is 492 g/mol. The van der Waals surface area contributed by atoms with Crippen LogP contribution in [0.15, 0.2) is 48.5 Å². The number of rotatable bonds is 15. The molecule has 1 saturated carbocycles. The minimum atomic E-state index is -0.330. The van der Waals surface area contributed by atoms with Gasteiger partial charge in [0.15, 0.2) is 0 Å². The molecule has 2 aromatic carbocycles. The summed E-state index contributed by atoms with van der Waals surface area (Å²) in [5.41, 5.74) is 1.87. The second-order valence-electron chi connectivity index (χ2n) is 11.0. The summed E-state index contributed by atoms with van der Waals surface area (Å²) < 4.78 is 11.4. The summed E-state index contributed by atoms with van der Waals surface area (Å²) in [5, 5.41) is 0. The van der Waals surface area contributed by atoms with Crippen LogP contribution in [0.25, 0.3) is 0 Å². The van der Waals surface area contributed by atoms with Gasteiger partial charge in [0.1, 0.15) is 11.5 Å². The van der Waals surface area contributed by atoms with Crippen LogP contribution < -0.4 is 9.47 Å². The van der Waals surface area contributed by atoms with Gasteiger partial charge in [0.25, 0.3) is 0 Å². The third kappa shape index (κ3) is 9.99. The van der Waals surface area contributed by atoms with E-state index in [9.17, 15) is 4.79 Å². The molecule has 3 heteroatoms. The van der Waals surface area contributed by atoms with Gasteiger partial charge in [-0.3, -0.25) is 0 Å². The zero-order valence-electron chi connectivity index (χ0n) is 23.0. The van der Waals surface area contributed by atoms with Crippen molar-refractivity contribution in [1.82, 2.24) is 0 Å². The van der Waals surface area contributed by atoms with E-state index in [2.05, 4.69) is 32.9 Å². The van der Waals surface area contributed by atoms with Gasteiger partial charge < -0.3 is 9.47 Å². The normalized spacial score (nSPS) is 18.5. The molecule has 1 aliphatic carbocycles. The third-order valence-electron chi connectivity index (χ3n) is 8.04. The van der Waals surface area contributed by atoms with Crippen LogP contribution in [0, 0.1) is 17.8 Å². The standard InChI is InChI=1S/C33H48O3/c1-4-9-27-11-13-28(14-12-27)15-16-29-17-21-32(22-18-29)36-33(34)30-19-23-31(24-20-30)35-25-8-6-7-10-26(3)5-2/h17-24,26-28H,4-16,25H2,1-3H3/t26-,27?,28?/m0/s1. The number of hydrogen-bond acceptors (Lipinski definition) is 3. The summed E-state index contributed by atoms with van der Waals surface area (Å²) in [6.45, 7) is 7.59. The van der Waals surface area contributed by atoms with Crippen LogP contribution in [0.1, 0.15) is 114 Å². The number of hydrogen-bond donors (Lipinski definition) is 0. The smallest absolute Gasteiger partial charge is 0.343 e. The molecule has 1 aliphatic rings. The predicted molar refractivity (Wildman–Crippen MR) is 150 cm³/mol. The van der Waals surface area contributed by atoms with Crippen LogP contribution in [-0.2, 0) is 6.42 Å². The molecule has 0 spiro atoms. The number of benzene rings is 2. The van der Waals surface area contributed by atoms with Crippen LogP contribution in [0.5, 0.6) is 11.5 Å². The Morgan fingerprint density at radius 3 is 2.11 bits per heavy atom. The first-order valence-electron chi connectivity index (χ1n) is 14.6. The average Bonchev–Trinajstić information content (AvgIpc) is 2.91. The molecule has 36 heavy (non-hydrogen) atoms. The van der Waals surface area contributed by atoms with Crippen molar-refractivity contribution in [2.45, 2.75) is 104 Å². The lowest BCUT2D eigenvalue weighted by Gasteiger charge is -2.28. The minimum Gasteiger partial charge on any atom is -0.494 e. The number of aryl methyl sites for hydroxylation is 1. The molecule has 0 amide bonds. The summed E-state index contributed by atoms with van der Waals surface area (Å²) in [5.74, 6) is 3.73. The molecular weight excluding hydrogens is 444 g/mol. The lowest BCUT2D eigenvalue weighted by molar-refractivity contribution is 0.0734. The van der Waals surface area contributed by atoms with Gasteiger partial charge in [-0.2, -0.15) is 0 Å². The van der Waals surface area contributed by atoms with Crippen LogP contribution in [0.3, 0.4) is 0 Å². The van der Waals surface area contributed by atoms with Crippen LogP contribution in [0.2, 0.25) is 0 Å². The lowest BCUT2D eigenvalue weighted by atomic mass is 9.78. The lowest BCUT2D eigenvalue weighted by Crippen LogP contribution is -2.15. The second kappa shape index (κ2) is 15.7. The Bertz CT molecular complexity index is 863. The molecule has 0 radical (unpaired) electrons. The Kier molecular flexibility index (Phi) is 12.4. The van der Waals surface area contributed by atoms with Gasteiger partial charge in [0.05, 0.1) is 12.2 Å². The van der Waals surface area contributed by atoms with E-state index >= 15 is 0 Å². The van der Waals surface area contributed by atoms with Crippen molar-refractivity contribution in [2.75, 3.05) is 6.61 Å². The van der Waals surface area contributed by atoms with E-state index < -0.39 is 0 Å². The molecular formula is C33H48O3. The largest absolute Gasteiger partial charge is 0.494 e. The van der Waals surface area contributed by atoms with Crippen molar-refractivity contribution in [3.05, 3.63) is 59.7 Å². The zero-order valence-corrected chi connectivity index (χ0v) is 23.0. The Hall–Kier alpha value is -2.29. The molecule has 198 valence electrons. The molecule has 0 unspecified atom stereocenters. The fourth-order valence-electron chi connectivity index (χ4n) is 5.33. The topological polar surface area (TPSA) is 35.5 Å². The minimum absolute atomic E-state index is 0.330. The first-order chi connectivity index (χ1) is 17.6. The highest BCUT2D eigenvalue weighted by Gasteiger charge is 2.20. The molecule has 0 saturated heterocycles. The number of unbranched alkanes of at least 4 members (excludes halogenated alkanes) is 2. The molecule has 1 atom stereocenters. The molecule has 3 nitrogen and oxygen atoms in total. The van der Waals surface area contributed by atoms with Gasteiger partial charge in [0.2, 0.25) is 0 Å². The summed E-state index contributed by atoms with van der Waals surface area (Å²) in [6.07, 6.45) is 16.8. The molecule has 0 bridgehead atoms. The van der Waals surface area contributed by atoms with E-state index in [0.717, 1.165) is 43.0 Å². The second-order valence-corrected chi connectivity index (χ2v) is 11.0. The molecule has 0 N–H and O–H groups in total. The molecule has 2 aromatic rings. The van der Waals surface area contributed by atoms with E-state index in [0.29, 0.717) is 11.3 Å². The summed E-state index contributed by atoms with van der Waals surface area (Å²) in [7, 11) is 0. The molecule has 1 fully saturated rings. The fourth-order valence-corrected chi connectivity index (χ4v) is 5.33. The van der Waals surface area contributed by atoms with Gasteiger partial charge in [-0.05, 0) is 79.0 Å². The summed E-state index contributed by atoms with van der Waals surface area (Å²) >= 11 is 0. The first-order valence-corrected chi connectivity index (χ1v) is 14.6. The first kappa shape index (κ1) is 28.3. The van der Waals surface area contributed by atoms with E-state index in [1.807, 2.05) is 24.3 Å². The van der Waals surface area contributed by atoms with Crippen molar-refractivity contribution in [2.24, 2.45) is 17.8 Å². The van der Waals surface area contributed by atoms with Gasteiger partial charge in [-0.15, -0.1) is 0 Å². The Morgan fingerprint density at radius 2 is 1.47 bits per heavy atom. The third-order valence-corrected chi connectivity index (χ3v) is 8.04. The van der Waals surface area contributed by atoms with Crippen molar-refractivity contribution in [3.8, 4) is 11.5 Å². The van der Waals surface area contributed by atoms with Crippen molar-refractivity contribution >= 4 is 5.97 Å². The molecule has 0 heterocycles. The highest BCUT2D eigenvalue weighted by molar-refractivity contribution is 5.91. The average molecular weight is 493 g/mol. The quantitative estimate of drug-likeness (QED) is 0.141. The number of carbonyl (C=O) groups excluding carboxylic acids is 1. The maximum absolute atomic E-state index is 12.6. The van der Waals surface area contributed by atoms with Gasteiger partial charge in [-0.25, -0.2) is 4.79 Å². The number of esters is 1.